The first-order valence-corrected chi connectivity index (χ1v) is 6.83. The summed E-state index contributed by atoms with van der Waals surface area (Å²) in [4.78, 5) is 23.9. The van der Waals surface area contributed by atoms with E-state index in [1.165, 1.54) is 12.1 Å². The highest BCUT2D eigenvalue weighted by molar-refractivity contribution is 5.74. The van der Waals surface area contributed by atoms with Crippen molar-refractivity contribution in [1.82, 2.24) is 0 Å². The molecular weight excluding hydrogens is 260 g/mol. The second kappa shape index (κ2) is 4.77. The average Bonchev–Trinajstić information content (AvgIpc) is 2.45. The maximum Gasteiger partial charge on any atom is 0.269 e. The number of anilines is 1. The molecule has 6 heteroatoms. The van der Waals surface area contributed by atoms with Gasteiger partial charge >= 0.3 is 0 Å². The smallest absolute Gasteiger partial charge is 0.269 e. The molecule has 20 heavy (non-hydrogen) atoms. The summed E-state index contributed by atoms with van der Waals surface area (Å²) < 4.78 is 0. The van der Waals surface area contributed by atoms with E-state index < -0.39 is 16.8 Å². The maximum atomic E-state index is 11.4. The third kappa shape index (κ3) is 2.01. The van der Waals surface area contributed by atoms with Gasteiger partial charge in [0, 0.05) is 42.3 Å². The van der Waals surface area contributed by atoms with E-state index in [1.54, 1.807) is 6.07 Å². The normalized spacial score (nSPS) is 24.7. The number of hydrogen-bond acceptors (Lipinski definition) is 5. The van der Waals surface area contributed by atoms with Gasteiger partial charge in [0.15, 0.2) is 0 Å². The van der Waals surface area contributed by atoms with Crippen molar-refractivity contribution < 1.29 is 14.8 Å². The first-order valence-electron chi connectivity index (χ1n) is 6.83. The van der Waals surface area contributed by atoms with E-state index in [4.69, 9.17) is 0 Å². The van der Waals surface area contributed by atoms with Crippen LogP contribution < -0.4 is 10.0 Å². The number of nitro benzene ring substituents is 1. The zero-order chi connectivity index (χ0) is 14.3. The van der Waals surface area contributed by atoms with Crippen molar-refractivity contribution in [2.24, 2.45) is 5.92 Å². The van der Waals surface area contributed by atoms with E-state index in [0.717, 1.165) is 37.1 Å². The van der Waals surface area contributed by atoms with E-state index in [-0.39, 0.29) is 11.7 Å². The van der Waals surface area contributed by atoms with Crippen molar-refractivity contribution in [3.8, 4) is 0 Å². The third-order valence-electron chi connectivity index (χ3n) is 4.34. The van der Waals surface area contributed by atoms with Crippen molar-refractivity contribution in [2.45, 2.75) is 31.7 Å². The number of hydrogen-bond donors (Lipinski definition) is 0. The first-order chi connectivity index (χ1) is 9.58. The van der Waals surface area contributed by atoms with Gasteiger partial charge < -0.3 is 14.8 Å². The molecule has 0 saturated carbocycles. The number of carbonyl (C=O) groups excluding carboxylic acids is 1. The summed E-state index contributed by atoms with van der Waals surface area (Å²) in [6, 6.07) is 4.69. The second-order valence-electron chi connectivity index (χ2n) is 5.46. The van der Waals surface area contributed by atoms with E-state index >= 15 is 0 Å². The highest BCUT2D eigenvalue weighted by Crippen LogP contribution is 2.39. The molecular formula is C14H15N2O4-. The van der Waals surface area contributed by atoms with E-state index in [1.807, 2.05) is 0 Å². The number of nitrogens with zero attached hydrogens (tertiary/aromatic N) is 2. The lowest BCUT2D eigenvalue weighted by molar-refractivity contribution is -0.384. The fraction of sp³-hybridized carbons (Fsp3) is 0.500. The van der Waals surface area contributed by atoms with Crippen LogP contribution in [-0.4, -0.2) is 23.5 Å². The number of carboxylic acids is 1. The molecule has 2 atom stereocenters. The van der Waals surface area contributed by atoms with Crippen LogP contribution in [0, 0.1) is 16.0 Å². The lowest BCUT2D eigenvalue weighted by atomic mass is 9.81. The largest absolute Gasteiger partial charge is 0.550 e. The van der Waals surface area contributed by atoms with Crippen LogP contribution in [0.1, 0.15) is 24.8 Å². The maximum absolute atomic E-state index is 11.4. The van der Waals surface area contributed by atoms with E-state index in [0.29, 0.717) is 6.42 Å². The molecule has 0 spiro atoms. The van der Waals surface area contributed by atoms with Gasteiger partial charge in [-0.2, -0.15) is 0 Å². The van der Waals surface area contributed by atoms with Crippen LogP contribution in [0.5, 0.6) is 0 Å². The van der Waals surface area contributed by atoms with Gasteiger partial charge in [-0.3, -0.25) is 10.1 Å². The minimum Gasteiger partial charge on any atom is -0.550 e. The van der Waals surface area contributed by atoms with Crippen molar-refractivity contribution in [3.63, 3.8) is 0 Å². The summed E-state index contributed by atoms with van der Waals surface area (Å²) >= 11 is 0. The van der Waals surface area contributed by atoms with Gasteiger partial charge in [0.2, 0.25) is 0 Å². The Morgan fingerprint density at radius 1 is 1.35 bits per heavy atom. The van der Waals surface area contributed by atoms with Gasteiger partial charge in [-0.1, -0.05) is 0 Å². The lowest BCUT2D eigenvalue weighted by Gasteiger charge is -2.46. The molecule has 0 bridgehead atoms. The minimum atomic E-state index is -1.06. The van der Waals surface area contributed by atoms with Gasteiger partial charge in [0.25, 0.3) is 5.69 Å². The number of rotatable bonds is 2. The van der Waals surface area contributed by atoms with Gasteiger partial charge in [0.05, 0.1) is 4.92 Å². The van der Waals surface area contributed by atoms with Gasteiger partial charge in [0.1, 0.15) is 0 Å². The van der Waals surface area contributed by atoms with Gasteiger partial charge in [-0.25, -0.2) is 0 Å². The number of non-ortho nitro benzene ring substituents is 1. The van der Waals surface area contributed by atoms with E-state index in [9.17, 15) is 20.0 Å². The Hall–Kier alpha value is -2.11. The number of aliphatic carboxylic acids is 1. The van der Waals surface area contributed by atoms with Crippen molar-refractivity contribution in [1.29, 1.82) is 0 Å². The molecule has 0 unspecified atom stereocenters. The van der Waals surface area contributed by atoms with Gasteiger partial charge in [-0.05, 0) is 37.3 Å². The summed E-state index contributed by atoms with van der Waals surface area (Å²) in [6.45, 7) is 0.805. The van der Waals surface area contributed by atoms with Crippen LogP contribution in [-0.2, 0) is 11.2 Å². The lowest BCUT2D eigenvalue weighted by Crippen LogP contribution is -2.53. The quantitative estimate of drug-likeness (QED) is 0.590. The standard InChI is InChI=1S/C14H16N2O4/c17-14(18)11-8-9-7-10(16(19)20)4-5-12(9)15-6-2-1-3-13(11)15/h4-5,7,11,13H,1-3,6,8H2,(H,17,18)/p-1/t11-,13+/m0/s1. The fourth-order valence-corrected chi connectivity index (χ4v) is 3.42. The van der Waals surface area contributed by atoms with E-state index in [2.05, 4.69) is 4.90 Å². The number of nitro groups is 1. The predicted octanol–water partition coefficient (Wildman–Crippen LogP) is 0.876. The molecule has 1 fully saturated rings. The molecule has 2 heterocycles. The third-order valence-corrected chi connectivity index (χ3v) is 4.34. The van der Waals surface area contributed by atoms with Crippen LogP contribution in [0.2, 0.25) is 0 Å². The van der Waals surface area contributed by atoms with Crippen LogP contribution in [0.25, 0.3) is 0 Å². The Balaban J connectivity index is 2.04. The Morgan fingerprint density at radius 3 is 2.85 bits per heavy atom. The SMILES string of the molecule is O=C([O-])[C@H]1Cc2cc([N+](=O)[O-])ccc2N2CCCC[C@H]12. The van der Waals surface area contributed by atoms with Crippen molar-refractivity contribution in [2.75, 3.05) is 11.4 Å². The summed E-state index contributed by atoms with van der Waals surface area (Å²) in [5.74, 6) is -1.64. The number of piperidine rings is 1. The molecule has 3 rings (SSSR count). The Morgan fingerprint density at radius 2 is 2.15 bits per heavy atom. The average molecular weight is 275 g/mol. The van der Waals surface area contributed by atoms with Crippen LogP contribution in [0.3, 0.4) is 0 Å². The molecule has 1 aromatic carbocycles. The second-order valence-corrected chi connectivity index (χ2v) is 5.46. The molecule has 0 aromatic heterocycles. The number of carbonyl (C=O) groups is 1. The molecule has 0 radical (unpaired) electrons. The molecule has 106 valence electrons. The topological polar surface area (TPSA) is 86.5 Å². The summed E-state index contributed by atoms with van der Waals surface area (Å²) in [6.07, 6.45) is 3.20. The fourth-order valence-electron chi connectivity index (χ4n) is 3.42. The highest BCUT2D eigenvalue weighted by atomic mass is 16.6. The zero-order valence-corrected chi connectivity index (χ0v) is 10.9. The molecule has 0 aliphatic carbocycles. The molecule has 0 N–H and O–H groups in total. The molecule has 2 aliphatic heterocycles. The molecule has 1 aromatic rings. The highest BCUT2D eigenvalue weighted by Gasteiger charge is 2.36. The summed E-state index contributed by atoms with van der Waals surface area (Å²) in [5.41, 5.74) is 1.70. The Labute approximate surface area is 116 Å². The Bertz CT molecular complexity index is 572. The number of carboxylic acid groups (broad SMARTS) is 1. The number of benzene rings is 1. The summed E-state index contributed by atoms with van der Waals surface area (Å²) in [5, 5.41) is 22.2. The molecule has 0 amide bonds. The monoisotopic (exact) mass is 275 g/mol. The molecule has 1 saturated heterocycles. The zero-order valence-electron chi connectivity index (χ0n) is 10.9. The minimum absolute atomic E-state index is 0.0105. The van der Waals surface area contributed by atoms with Crippen molar-refractivity contribution in [3.05, 3.63) is 33.9 Å². The number of fused-ring (bicyclic) bond motifs is 3. The summed E-state index contributed by atoms with van der Waals surface area (Å²) in [7, 11) is 0. The predicted molar refractivity (Wildman–Crippen MR) is 70.3 cm³/mol. The van der Waals surface area contributed by atoms with Gasteiger partial charge in [-0.15, -0.1) is 0 Å². The Kier molecular flexibility index (Phi) is 3.08. The molecule has 2 aliphatic rings. The van der Waals surface area contributed by atoms with Crippen LogP contribution >= 0.6 is 0 Å². The van der Waals surface area contributed by atoms with Crippen LogP contribution in [0.15, 0.2) is 18.2 Å². The van der Waals surface area contributed by atoms with Crippen molar-refractivity contribution >= 4 is 17.3 Å². The van der Waals surface area contributed by atoms with Crippen LogP contribution in [0.4, 0.5) is 11.4 Å². The first kappa shape index (κ1) is 12.9. The molecule has 6 nitrogen and oxygen atoms in total.